The molecule has 0 saturated carbocycles. The summed E-state index contributed by atoms with van der Waals surface area (Å²) in [4.78, 5) is 8.37. The van der Waals surface area contributed by atoms with E-state index in [-0.39, 0.29) is 5.75 Å². The summed E-state index contributed by atoms with van der Waals surface area (Å²) in [5, 5.41) is 9.66. The number of rotatable bonds is 2. The summed E-state index contributed by atoms with van der Waals surface area (Å²) in [5.41, 5.74) is 2.90. The smallest absolute Gasteiger partial charge is 0.151 e. The van der Waals surface area contributed by atoms with Crippen LogP contribution in [0, 0.1) is 13.8 Å². The maximum Gasteiger partial charge on any atom is 0.151 e. The Morgan fingerprint density at radius 1 is 1.12 bits per heavy atom. The minimum atomic E-state index is 0.229. The van der Waals surface area contributed by atoms with Crippen molar-refractivity contribution in [1.29, 1.82) is 0 Å². The van der Waals surface area contributed by atoms with Gasteiger partial charge in [-0.05, 0) is 43.7 Å². The minimum absolute atomic E-state index is 0.229. The normalized spacial score (nSPS) is 10.9. The molecule has 3 heteroatoms. The molecular weight excluding hydrogens is 212 g/mol. The number of phenols is 1. The molecule has 0 spiro atoms. The molecule has 0 bridgehead atoms. The Balaban J connectivity index is 2.29. The number of hydrogen-bond acceptors (Lipinski definition) is 3. The Morgan fingerprint density at radius 3 is 2.65 bits per heavy atom. The van der Waals surface area contributed by atoms with Crippen LogP contribution in [0.5, 0.6) is 5.75 Å². The van der Waals surface area contributed by atoms with Crippen LogP contribution in [0.25, 0.3) is 0 Å². The van der Waals surface area contributed by atoms with Gasteiger partial charge in [-0.25, -0.2) is 9.98 Å². The zero-order valence-corrected chi connectivity index (χ0v) is 9.88. The first kappa shape index (κ1) is 11.3. The number of phenolic OH excluding ortho intramolecular Hbond substituents is 1. The van der Waals surface area contributed by atoms with Gasteiger partial charge >= 0.3 is 0 Å². The molecule has 0 radical (unpaired) electrons. The van der Waals surface area contributed by atoms with Crippen molar-refractivity contribution in [2.75, 3.05) is 0 Å². The standard InChI is InChI=1S/C14H14N2O/c1-10-3-4-13(17)12(7-10)9-16-14-8-11(2)5-6-15-14/h3-9,17H,1-2H3. The third kappa shape index (κ3) is 2.91. The van der Waals surface area contributed by atoms with Crippen LogP contribution in [0.3, 0.4) is 0 Å². The summed E-state index contributed by atoms with van der Waals surface area (Å²) in [6, 6.07) is 9.22. The van der Waals surface area contributed by atoms with E-state index in [2.05, 4.69) is 9.98 Å². The van der Waals surface area contributed by atoms with Gasteiger partial charge in [0.25, 0.3) is 0 Å². The van der Waals surface area contributed by atoms with Gasteiger partial charge in [-0.15, -0.1) is 0 Å². The third-order valence-corrected chi connectivity index (χ3v) is 2.42. The molecule has 0 aliphatic carbocycles. The van der Waals surface area contributed by atoms with Crippen LogP contribution in [0.15, 0.2) is 41.5 Å². The average Bonchev–Trinajstić information content (AvgIpc) is 2.30. The fourth-order valence-electron chi connectivity index (χ4n) is 1.50. The highest BCUT2D eigenvalue weighted by molar-refractivity contribution is 5.85. The Bertz CT molecular complexity index is 562. The van der Waals surface area contributed by atoms with Crippen molar-refractivity contribution in [2.24, 2.45) is 4.99 Å². The highest BCUT2D eigenvalue weighted by Crippen LogP contribution is 2.17. The van der Waals surface area contributed by atoms with E-state index in [9.17, 15) is 5.11 Å². The topological polar surface area (TPSA) is 45.5 Å². The molecule has 0 fully saturated rings. The molecule has 1 aromatic carbocycles. The maximum absolute atomic E-state index is 9.66. The molecule has 1 N–H and O–H groups in total. The first-order valence-corrected chi connectivity index (χ1v) is 5.41. The Morgan fingerprint density at radius 2 is 1.88 bits per heavy atom. The van der Waals surface area contributed by atoms with Gasteiger partial charge in [0.15, 0.2) is 5.82 Å². The van der Waals surface area contributed by atoms with Crippen LogP contribution < -0.4 is 0 Å². The van der Waals surface area contributed by atoms with Crippen molar-refractivity contribution in [3.05, 3.63) is 53.2 Å². The lowest BCUT2D eigenvalue weighted by atomic mass is 10.1. The largest absolute Gasteiger partial charge is 0.507 e. The van der Waals surface area contributed by atoms with Crippen molar-refractivity contribution >= 4 is 12.0 Å². The number of aromatic hydroxyl groups is 1. The molecule has 17 heavy (non-hydrogen) atoms. The third-order valence-electron chi connectivity index (χ3n) is 2.42. The number of pyridine rings is 1. The van der Waals surface area contributed by atoms with Gasteiger partial charge in [-0.2, -0.15) is 0 Å². The fourth-order valence-corrected chi connectivity index (χ4v) is 1.50. The lowest BCUT2D eigenvalue weighted by Crippen LogP contribution is -1.84. The Kier molecular flexibility index (Phi) is 3.19. The van der Waals surface area contributed by atoms with Crippen molar-refractivity contribution in [3.8, 4) is 5.75 Å². The first-order chi connectivity index (χ1) is 8.15. The predicted molar refractivity (Wildman–Crippen MR) is 69.1 cm³/mol. The molecule has 0 amide bonds. The van der Waals surface area contributed by atoms with Crippen LogP contribution in [-0.4, -0.2) is 16.3 Å². The van der Waals surface area contributed by atoms with E-state index >= 15 is 0 Å². The van der Waals surface area contributed by atoms with Gasteiger partial charge in [-0.1, -0.05) is 11.6 Å². The molecule has 0 saturated heterocycles. The van der Waals surface area contributed by atoms with Gasteiger partial charge in [0.2, 0.25) is 0 Å². The fraction of sp³-hybridized carbons (Fsp3) is 0.143. The number of benzene rings is 1. The predicted octanol–water partition coefficient (Wildman–Crippen LogP) is 3.15. The first-order valence-electron chi connectivity index (χ1n) is 5.41. The van der Waals surface area contributed by atoms with E-state index < -0.39 is 0 Å². The molecule has 0 unspecified atom stereocenters. The molecule has 0 atom stereocenters. The van der Waals surface area contributed by atoms with Crippen LogP contribution in [0.4, 0.5) is 5.82 Å². The Hall–Kier alpha value is -2.16. The second-order valence-electron chi connectivity index (χ2n) is 4.01. The number of aryl methyl sites for hydroxylation is 2. The summed E-state index contributed by atoms with van der Waals surface area (Å²) in [6.07, 6.45) is 3.35. The van der Waals surface area contributed by atoms with Crippen molar-refractivity contribution in [3.63, 3.8) is 0 Å². The molecule has 86 valence electrons. The summed E-state index contributed by atoms with van der Waals surface area (Å²) in [5.74, 6) is 0.873. The zero-order valence-electron chi connectivity index (χ0n) is 9.88. The molecule has 1 heterocycles. The maximum atomic E-state index is 9.66. The van der Waals surface area contributed by atoms with E-state index in [1.165, 1.54) is 0 Å². The number of hydrogen-bond donors (Lipinski definition) is 1. The van der Waals surface area contributed by atoms with Gasteiger partial charge in [0.05, 0.1) is 0 Å². The molecule has 0 aliphatic heterocycles. The van der Waals surface area contributed by atoms with E-state index in [0.717, 1.165) is 11.1 Å². The molecule has 0 aliphatic rings. The van der Waals surface area contributed by atoms with Crippen molar-refractivity contribution in [1.82, 2.24) is 4.98 Å². The van der Waals surface area contributed by atoms with Crippen LogP contribution in [0.1, 0.15) is 16.7 Å². The van der Waals surface area contributed by atoms with Crippen molar-refractivity contribution in [2.45, 2.75) is 13.8 Å². The molecular formula is C14H14N2O. The second-order valence-corrected chi connectivity index (χ2v) is 4.01. The molecule has 3 nitrogen and oxygen atoms in total. The summed E-state index contributed by atoms with van der Waals surface area (Å²) < 4.78 is 0. The lowest BCUT2D eigenvalue weighted by molar-refractivity contribution is 0.474. The highest BCUT2D eigenvalue weighted by Gasteiger charge is 1.98. The minimum Gasteiger partial charge on any atom is -0.507 e. The van der Waals surface area contributed by atoms with Gasteiger partial charge in [0, 0.05) is 18.0 Å². The van der Waals surface area contributed by atoms with Crippen LogP contribution in [0.2, 0.25) is 0 Å². The van der Waals surface area contributed by atoms with E-state index in [4.69, 9.17) is 0 Å². The molecule has 2 aromatic rings. The molecule has 1 aromatic heterocycles. The van der Waals surface area contributed by atoms with Gasteiger partial charge < -0.3 is 5.11 Å². The van der Waals surface area contributed by atoms with Gasteiger partial charge in [-0.3, -0.25) is 0 Å². The van der Waals surface area contributed by atoms with Crippen LogP contribution in [-0.2, 0) is 0 Å². The van der Waals surface area contributed by atoms with Gasteiger partial charge in [0.1, 0.15) is 5.75 Å². The van der Waals surface area contributed by atoms with Crippen LogP contribution >= 0.6 is 0 Å². The monoisotopic (exact) mass is 226 g/mol. The molecule has 2 rings (SSSR count). The summed E-state index contributed by atoms with van der Waals surface area (Å²) in [7, 11) is 0. The Labute approximate surface area is 100 Å². The lowest BCUT2D eigenvalue weighted by Gasteiger charge is -2.00. The number of aliphatic imine (C=N–C) groups is 1. The number of nitrogens with zero attached hydrogens (tertiary/aromatic N) is 2. The van der Waals surface area contributed by atoms with E-state index in [1.54, 1.807) is 18.5 Å². The summed E-state index contributed by atoms with van der Waals surface area (Å²) in [6.45, 7) is 3.96. The van der Waals surface area contributed by atoms with E-state index in [1.807, 2.05) is 38.1 Å². The average molecular weight is 226 g/mol. The quantitative estimate of drug-likeness (QED) is 0.799. The summed E-state index contributed by atoms with van der Waals surface area (Å²) >= 11 is 0. The van der Waals surface area contributed by atoms with E-state index in [0.29, 0.717) is 11.4 Å². The van der Waals surface area contributed by atoms with Crippen molar-refractivity contribution < 1.29 is 5.11 Å². The number of aromatic nitrogens is 1. The second kappa shape index (κ2) is 4.78. The zero-order chi connectivity index (χ0) is 12.3. The highest BCUT2D eigenvalue weighted by atomic mass is 16.3. The SMILES string of the molecule is Cc1ccnc(N=Cc2cc(C)ccc2O)c1.